The van der Waals surface area contributed by atoms with Crippen molar-refractivity contribution >= 4 is 11.9 Å². The quantitative estimate of drug-likeness (QED) is 0.613. The standard InChI is InChI=1S/C9H10O4/c10-8(11)6-4-1-2-5(3-4)7(6)9(12)13/h1-2,4-7H,3H2,(H,10,11)(H,12,13)/t4?,5?,6-,7-/m0/s1. The van der Waals surface area contributed by atoms with Crippen LogP contribution in [0.5, 0.6) is 0 Å². The number of rotatable bonds is 2. The van der Waals surface area contributed by atoms with Gasteiger partial charge in [-0.3, -0.25) is 9.59 Å². The maximum Gasteiger partial charge on any atom is 0.307 e. The van der Waals surface area contributed by atoms with Gasteiger partial charge < -0.3 is 10.2 Å². The number of hydrogen-bond donors (Lipinski definition) is 2. The zero-order valence-corrected chi connectivity index (χ0v) is 6.88. The molecule has 0 aromatic rings. The molecule has 4 heteroatoms. The van der Waals surface area contributed by atoms with Crippen LogP contribution in [0, 0.1) is 23.7 Å². The minimum absolute atomic E-state index is 0.0661. The van der Waals surface area contributed by atoms with E-state index in [0.29, 0.717) is 6.42 Å². The Labute approximate surface area is 74.9 Å². The average Bonchev–Trinajstić information content (AvgIpc) is 2.60. The number of fused-ring (bicyclic) bond motifs is 2. The van der Waals surface area contributed by atoms with Gasteiger partial charge in [-0.15, -0.1) is 0 Å². The third-order valence-corrected chi connectivity index (χ3v) is 3.03. The van der Waals surface area contributed by atoms with Crippen molar-refractivity contribution in [2.45, 2.75) is 6.42 Å². The van der Waals surface area contributed by atoms with Crippen molar-refractivity contribution in [3.05, 3.63) is 12.2 Å². The first kappa shape index (κ1) is 8.29. The van der Waals surface area contributed by atoms with Gasteiger partial charge in [-0.2, -0.15) is 0 Å². The molecule has 2 bridgehead atoms. The zero-order valence-electron chi connectivity index (χ0n) is 6.88. The van der Waals surface area contributed by atoms with Gasteiger partial charge in [0.2, 0.25) is 0 Å². The Balaban J connectivity index is 2.30. The summed E-state index contributed by atoms with van der Waals surface area (Å²) in [5.74, 6) is -3.53. The molecule has 13 heavy (non-hydrogen) atoms. The Morgan fingerprint density at radius 2 is 1.38 bits per heavy atom. The minimum Gasteiger partial charge on any atom is -0.481 e. The topological polar surface area (TPSA) is 74.6 Å². The van der Waals surface area contributed by atoms with Crippen molar-refractivity contribution in [1.29, 1.82) is 0 Å². The highest BCUT2D eigenvalue weighted by molar-refractivity contribution is 5.82. The SMILES string of the molecule is O=C(O)[C@H]1C2C=CC(C2)[C@@H]1C(=O)O. The van der Waals surface area contributed by atoms with Crippen LogP contribution in [0.25, 0.3) is 0 Å². The van der Waals surface area contributed by atoms with Gasteiger partial charge in [0.1, 0.15) is 0 Å². The molecule has 0 amide bonds. The first-order valence-corrected chi connectivity index (χ1v) is 4.25. The molecule has 0 aliphatic heterocycles. The van der Waals surface area contributed by atoms with Crippen LogP contribution >= 0.6 is 0 Å². The van der Waals surface area contributed by atoms with Crippen LogP contribution in [0.1, 0.15) is 6.42 Å². The molecule has 2 N–H and O–H groups in total. The predicted molar refractivity (Wildman–Crippen MR) is 43.0 cm³/mol. The van der Waals surface area contributed by atoms with E-state index in [2.05, 4.69) is 0 Å². The van der Waals surface area contributed by atoms with Crippen LogP contribution in [0.4, 0.5) is 0 Å². The maximum atomic E-state index is 10.8. The second-order valence-corrected chi connectivity index (χ2v) is 3.68. The van der Waals surface area contributed by atoms with Crippen LogP contribution in [0.2, 0.25) is 0 Å². The molecule has 2 aliphatic carbocycles. The zero-order chi connectivity index (χ0) is 9.59. The van der Waals surface area contributed by atoms with Crippen molar-refractivity contribution in [3.63, 3.8) is 0 Å². The summed E-state index contributed by atoms with van der Waals surface area (Å²) >= 11 is 0. The molecule has 70 valence electrons. The molecule has 4 atom stereocenters. The minimum atomic E-state index is -0.982. The third kappa shape index (κ3) is 1.05. The second-order valence-electron chi connectivity index (χ2n) is 3.68. The van der Waals surface area contributed by atoms with Crippen molar-refractivity contribution in [2.75, 3.05) is 0 Å². The highest BCUT2D eigenvalue weighted by Crippen LogP contribution is 2.48. The number of carbonyl (C=O) groups is 2. The van der Waals surface area contributed by atoms with Gasteiger partial charge in [-0.05, 0) is 18.3 Å². The molecular formula is C9H10O4. The Morgan fingerprint density at radius 1 is 1.00 bits per heavy atom. The van der Waals surface area contributed by atoms with Crippen molar-refractivity contribution in [2.24, 2.45) is 23.7 Å². The fourth-order valence-electron chi connectivity index (χ4n) is 2.50. The fraction of sp³-hybridized carbons (Fsp3) is 0.556. The molecule has 1 fully saturated rings. The predicted octanol–water partition coefficient (Wildman–Crippen LogP) is 0.594. The lowest BCUT2D eigenvalue weighted by atomic mass is 9.83. The summed E-state index contributed by atoms with van der Waals surface area (Å²) in [5.41, 5.74) is 0. The largest absolute Gasteiger partial charge is 0.481 e. The van der Waals surface area contributed by atoms with Crippen molar-refractivity contribution in [1.82, 2.24) is 0 Å². The molecule has 4 nitrogen and oxygen atoms in total. The lowest BCUT2D eigenvalue weighted by Crippen LogP contribution is -2.32. The first-order chi connectivity index (χ1) is 6.11. The smallest absolute Gasteiger partial charge is 0.307 e. The third-order valence-electron chi connectivity index (χ3n) is 3.03. The Bertz CT molecular complexity index is 266. The van der Waals surface area contributed by atoms with Crippen LogP contribution in [-0.2, 0) is 9.59 Å². The van der Waals surface area contributed by atoms with Crippen LogP contribution in [-0.4, -0.2) is 22.2 Å². The number of carboxylic acids is 2. The molecule has 0 saturated heterocycles. The molecule has 2 aliphatic rings. The lowest BCUT2D eigenvalue weighted by Gasteiger charge is -2.20. The molecule has 0 heterocycles. The maximum absolute atomic E-state index is 10.8. The summed E-state index contributed by atoms with van der Waals surface area (Å²) in [4.78, 5) is 21.6. The van der Waals surface area contributed by atoms with E-state index >= 15 is 0 Å². The van der Waals surface area contributed by atoms with Gasteiger partial charge >= 0.3 is 11.9 Å². The number of carboxylic acid groups (broad SMARTS) is 2. The fourth-order valence-corrected chi connectivity index (χ4v) is 2.50. The molecule has 1 saturated carbocycles. The van der Waals surface area contributed by atoms with E-state index < -0.39 is 23.8 Å². The monoisotopic (exact) mass is 182 g/mol. The molecular weight excluding hydrogens is 172 g/mol. The van der Waals surface area contributed by atoms with Gasteiger partial charge in [0.25, 0.3) is 0 Å². The van der Waals surface area contributed by atoms with Crippen molar-refractivity contribution in [3.8, 4) is 0 Å². The van der Waals surface area contributed by atoms with Gasteiger partial charge in [0.15, 0.2) is 0 Å². The molecule has 2 unspecified atom stereocenters. The molecule has 0 aromatic heterocycles. The van der Waals surface area contributed by atoms with Crippen LogP contribution in [0.3, 0.4) is 0 Å². The summed E-state index contributed by atoms with van der Waals surface area (Å²) in [7, 11) is 0. The summed E-state index contributed by atoms with van der Waals surface area (Å²) in [6, 6.07) is 0. The number of aliphatic carboxylic acids is 2. The number of hydrogen-bond acceptors (Lipinski definition) is 2. The van der Waals surface area contributed by atoms with Gasteiger partial charge in [0, 0.05) is 0 Å². The Kier molecular flexibility index (Phi) is 1.65. The van der Waals surface area contributed by atoms with E-state index in [4.69, 9.17) is 10.2 Å². The lowest BCUT2D eigenvalue weighted by molar-refractivity contribution is -0.154. The highest BCUT2D eigenvalue weighted by Gasteiger charge is 2.51. The van der Waals surface area contributed by atoms with E-state index in [0.717, 1.165) is 0 Å². The number of allylic oxidation sites excluding steroid dienone is 2. The van der Waals surface area contributed by atoms with E-state index in [9.17, 15) is 9.59 Å². The average molecular weight is 182 g/mol. The van der Waals surface area contributed by atoms with Crippen LogP contribution in [0.15, 0.2) is 12.2 Å². The van der Waals surface area contributed by atoms with Gasteiger partial charge in [-0.1, -0.05) is 12.2 Å². The normalized spacial score (nSPS) is 40.9. The van der Waals surface area contributed by atoms with Gasteiger partial charge in [0.05, 0.1) is 11.8 Å². The highest BCUT2D eigenvalue weighted by atomic mass is 16.4. The van der Waals surface area contributed by atoms with E-state index in [-0.39, 0.29) is 11.8 Å². The van der Waals surface area contributed by atoms with Crippen molar-refractivity contribution < 1.29 is 19.8 Å². The second kappa shape index (κ2) is 2.58. The van der Waals surface area contributed by atoms with E-state index in [1.54, 1.807) is 0 Å². The van der Waals surface area contributed by atoms with Gasteiger partial charge in [-0.25, -0.2) is 0 Å². The van der Waals surface area contributed by atoms with E-state index in [1.807, 2.05) is 12.2 Å². The molecule has 0 radical (unpaired) electrons. The molecule has 0 aromatic carbocycles. The first-order valence-electron chi connectivity index (χ1n) is 4.25. The van der Waals surface area contributed by atoms with E-state index in [1.165, 1.54) is 0 Å². The Hall–Kier alpha value is -1.32. The summed E-state index contributed by atoms with van der Waals surface area (Å²) in [6.07, 6.45) is 4.36. The van der Waals surface area contributed by atoms with Crippen LogP contribution < -0.4 is 0 Å². The molecule has 0 spiro atoms. The molecule has 2 rings (SSSR count). The summed E-state index contributed by atoms with van der Waals surface area (Å²) in [6.45, 7) is 0. The summed E-state index contributed by atoms with van der Waals surface area (Å²) in [5, 5.41) is 17.7. The summed E-state index contributed by atoms with van der Waals surface area (Å²) < 4.78 is 0. The Morgan fingerprint density at radius 3 is 1.69 bits per heavy atom.